The second-order valence-corrected chi connectivity index (χ2v) is 7.06. The van der Waals surface area contributed by atoms with Gasteiger partial charge >= 0.3 is 0 Å². The zero-order chi connectivity index (χ0) is 21.5. The van der Waals surface area contributed by atoms with Crippen molar-refractivity contribution < 1.29 is 13.6 Å². The van der Waals surface area contributed by atoms with E-state index in [9.17, 15) is 9.18 Å². The third-order valence-electron chi connectivity index (χ3n) is 4.82. The zero-order valence-corrected chi connectivity index (χ0v) is 16.8. The van der Waals surface area contributed by atoms with E-state index in [-0.39, 0.29) is 18.1 Å². The fourth-order valence-corrected chi connectivity index (χ4v) is 3.24. The van der Waals surface area contributed by atoms with Crippen molar-refractivity contribution in [2.24, 2.45) is 0 Å². The Morgan fingerprint density at radius 2 is 1.71 bits per heavy atom. The first kappa shape index (κ1) is 20.4. The van der Waals surface area contributed by atoms with Crippen molar-refractivity contribution in [1.29, 1.82) is 0 Å². The van der Waals surface area contributed by atoms with E-state index in [1.54, 1.807) is 47.9 Å². The number of rotatable bonds is 8. The number of amides is 1. The number of carbonyl (C=O) groups is 1. The van der Waals surface area contributed by atoms with Gasteiger partial charge in [-0.25, -0.2) is 9.37 Å². The molecule has 6 nitrogen and oxygen atoms in total. The molecule has 0 aliphatic rings. The van der Waals surface area contributed by atoms with Crippen molar-refractivity contribution in [2.75, 3.05) is 0 Å². The van der Waals surface area contributed by atoms with Crippen molar-refractivity contribution in [3.8, 4) is 11.3 Å². The second-order valence-electron chi connectivity index (χ2n) is 7.06. The minimum atomic E-state index is -0.374. The molecule has 156 valence electrons. The van der Waals surface area contributed by atoms with Crippen molar-refractivity contribution in [2.45, 2.75) is 25.9 Å². The van der Waals surface area contributed by atoms with Gasteiger partial charge in [-0.1, -0.05) is 18.2 Å². The van der Waals surface area contributed by atoms with Gasteiger partial charge in [0, 0.05) is 50.7 Å². The van der Waals surface area contributed by atoms with Gasteiger partial charge in [-0.15, -0.1) is 0 Å². The van der Waals surface area contributed by atoms with Crippen LogP contribution in [0.3, 0.4) is 0 Å². The number of aromatic nitrogens is 3. The van der Waals surface area contributed by atoms with E-state index in [1.807, 2.05) is 24.3 Å². The number of pyridine rings is 2. The monoisotopic (exact) mass is 416 g/mol. The van der Waals surface area contributed by atoms with E-state index in [0.717, 1.165) is 11.1 Å². The summed E-state index contributed by atoms with van der Waals surface area (Å²) in [6.45, 7) is 0.906. The number of halogens is 1. The van der Waals surface area contributed by atoms with Gasteiger partial charge in [0.1, 0.15) is 5.82 Å². The Bertz CT molecular complexity index is 1090. The van der Waals surface area contributed by atoms with Crippen LogP contribution in [-0.4, -0.2) is 25.8 Å². The van der Waals surface area contributed by atoms with Crippen LogP contribution in [0.4, 0.5) is 4.39 Å². The molecule has 0 unspecified atom stereocenters. The molecule has 3 aromatic heterocycles. The van der Waals surface area contributed by atoms with Crippen LogP contribution in [0.5, 0.6) is 0 Å². The highest BCUT2D eigenvalue weighted by Crippen LogP contribution is 2.23. The summed E-state index contributed by atoms with van der Waals surface area (Å²) in [4.78, 5) is 27.2. The average molecular weight is 416 g/mol. The summed E-state index contributed by atoms with van der Waals surface area (Å²) in [6, 6.07) is 13.9. The fraction of sp³-hybridized carbons (Fsp3) is 0.167. The summed E-state index contributed by atoms with van der Waals surface area (Å²) in [5.74, 6) is 0.342. The van der Waals surface area contributed by atoms with Crippen molar-refractivity contribution in [1.82, 2.24) is 19.9 Å². The van der Waals surface area contributed by atoms with Crippen LogP contribution in [0, 0.1) is 5.82 Å². The molecule has 0 atom stereocenters. The molecule has 0 aliphatic carbocycles. The highest BCUT2D eigenvalue weighted by Gasteiger charge is 2.17. The summed E-state index contributed by atoms with van der Waals surface area (Å²) >= 11 is 0. The van der Waals surface area contributed by atoms with E-state index in [0.29, 0.717) is 36.7 Å². The molecule has 1 aromatic carbocycles. The molecule has 1 amide bonds. The summed E-state index contributed by atoms with van der Waals surface area (Å²) in [6.07, 6.45) is 8.91. The molecule has 0 fully saturated rings. The number of nitrogens with zero attached hydrogens (tertiary/aromatic N) is 4. The maximum absolute atomic E-state index is 14.0. The van der Waals surface area contributed by atoms with Gasteiger partial charge in [0.05, 0.1) is 11.8 Å². The van der Waals surface area contributed by atoms with Crippen LogP contribution in [0.25, 0.3) is 11.3 Å². The van der Waals surface area contributed by atoms with Gasteiger partial charge in [-0.2, -0.15) is 0 Å². The lowest BCUT2D eigenvalue weighted by Gasteiger charge is -2.23. The molecule has 0 spiro atoms. The van der Waals surface area contributed by atoms with E-state index in [1.165, 1.54) is 12.3 Å². The van der Waals surface area contributed by atoms with Crippen molar-refractivity contribution in [3.63, 3.8) is 0 Å². The molecule has 4 rings (SSSR count). The standard InChI is InChI=1S/C24H21FN4O2/c25-21-6-2-1-5-20(21)22-15-28-23(31-22)7-8-24(30)29(16-18-9-12-26-13-10-18)17-19-4-3-11-27-14-19/h1-6,9-15H,7-8,16-17H2. The van der Waals surface area contributed by atoms with E-state index < -0.39 is 0 Å². The van der Waals surface area contributed by atoms with Gasteiger partial charge in [0.2, 0.25) is 5.91 Å². The van der Waals surface area contributed by atoms with Gasteiger partial charge in [0.15, 0.2) is 11.7 Å². The lowest BCUT2D eigenvalue weighted by Crippen LogP contribution is -2.30. The Kier molecular flexibility index (Phi) is 6.42. The number of carbonyl (C=O) groups excluding carboxylic acids is 1. The van der Waals surface area contributed by atoms with Crippen LogP contribution in [0.2, 0.25) is 0 Å². The first-order valence-electron chi connectivity index (χ1n) is 9.94. The molecule has 0 aliphatic heterocycles. The molecular formula is C24H21FN4O2. The van der Waals surface area contributed by atoms with Crippen LogP contribution in [0.15, 0.2) is 83.9 Å². The second kappa shape index (κ2) is 9.75. The zero-order valence-electron chi connectivity index (χ0n) is 16.8. The highest BCUT2D eigenvalue weighted by molar-refractivity contribution is 5.76. The maximum Gasteiger partial charge on any atom is 0.223 e. The lowest BCUT2D eigenvalue weighted by molar-refractivity contribution is -0.132. The Hall–Kier alpha value is -3.87. The normalized spacial score (nSPS) is 10.7. The quantitative estimate of drug-likeness (QED) is 0.425. The minimum absolute atomic E-state index is 0.0358. The molecule has 3 heterocycles. The van der Waals surface area contributed by atoms with Crippen LogP contribution < -0.4 is 0 Å². The first-order valence-corrected chi connectivity index (χ1v) is 9.94. The number of aryl methyl sites for hydroxylation is 1. The minimum Gasteiger partial charge on any atom is -0.441 e. The molecule has 0 N–H and O–H groups in total. The van der Waals surface area contributed by atoms with Crippen molar-refractivity contribution in [3.05, 3.63) is 102 Å². The summed E-state index contributed by atoms with van der Waals surface area (Å²) in [5, 5.41) is 0. The topological polar surface area (TPSA) is 72.1 Å². The van der Waals surface area contributed by atoms with Crippen LogP contribution >= 0.6 is 0 Å². The molecule has 31 heavy (non-hydrogen) atoms. The van der Waals surface area contributed by atoms with E-state index in [4.69, 9.17) is 4.42 Å². The third kappa shape index (κ3) is 5.39. The number of hydrogen-bond acceptors (Lipinski definition) is 5. The van der Waals surface area contributed by atoms with Crippen LogP contribution in [0.1, 0.15) is 23.4 Å². The van der Waals surface area contributed by atoms with Crippen molar-refractivity contribution >= 4 is 5.91 Å². The Morgan fingerprint density at radius 1 is 0.903 bits per heavy atom. The number of oxazole rings is 1. The maximum atomic E-state index is 14.0. The largest absolute Gasteiger partial charge is 0.441 e. The van der Waals surface area contributed by atoms with Crippen LogP contribution in [-0.2, 0) is 24.3 Å². The first-order chi connectivity index (χ1) is 15.2. The summed E-state index contributed by atoms with van der Waals surface area (Å²) in [5.41, 5.74) is 2.29. The molecule has 7 heteroatoms. The molecule has 4 aromatic rings. The molecule has 0 saturated heterocycles. The average Bonchev–Trinajstić information content (AvgIpc) is 3.27. The third-order valence-corrected chi connectivity index (χ3v) is 4.82. The molecule has 0 saturated carbocycles. The Balaban J connectivity index is 1.44. The SMILES string of the molecule is O=C(CCc1ncc(-c2ccccc2F)o1)N(Cc1ccncc1)Cc1cccnc1. The predicted molar refractivity (Wildman–Crippen MR) is 113 cm³/mol. The molecule has 0 bridgehead atoms. The summed E-state index contributed by atoms with van der Waals surface area (Å²) in [7, 11) is 0. The van der Waals surface area contributed by atoms with Gasteiger partial charge < -0.3 is 9.32 Å². The summed E-state index contributed by atoms with van der Waals surface area (Å²) < 4.78 is 19.6. The highest BCUT2D eigenvalue weighted by atomic mass is 19.1. The Morgan fingerprint density at radius 3 is 2.48 bits per heavy atom. The van der Waals surface area contributed by atoms with Gasteiger partial charge in [-0.05, 0) is 41.5 Å². The predicted octanol–water partition coefficient (Wildman–Crippen LogP) is 4.43. The van der Waals surface area contributed by atoms with Gasteiger partial charge in [-0.3, -0.25) is 14.8 Å². The molecular weight excluding hydrogens is 395 g/mol. The number of hydrogen-bond donors (Lipinski definition) is 0. The molecule has 0 radical (unpaired) electrons. The lowest BCUT2D eigenvalue weighted by atomic mass is 10.2. The fourth-order valence-electron chi connectivity index (χ4n) is 3.24. The van der Waals surface area contributed by atoms with Gasteiger partial charge in [0.25, 0.3) is 0 Å². The van der Waals surface area contributed by atoms with E-state index in [2.05, 4.69) is 15.0 Å². The van der Waals surface area contributed by atoms with E-state index >= 15 is 0 Å². The number of benzene rings is 1. The Labute approximate surface area is 179 Å². The smallest absolute Gasteiger partial charge is 0.223 e.